The minimum Gasteiger partial charge on any atom is -0.491 e. The summed E-state index contributed by atoms with van der Waals surface area (Å²) in [5, 5.41) is 5.90. The van der Waals surface area contributed by atoms with Crippen molar-refractivity contribution in [1.29, 1.82) is 0 Å². The topological polar surface area (TPSA) is 79.9 Å². The number of nitrogens with one attached hydrogen (secondary N) is 2. The molecule has 3 rings (SSSR count). The predicted molar refractivity (Wildman–Crippen MR) is 127 cm³/mol. The second-order valence-electron chi connectivity index (χ2n) is 7.05. The summed E-state index contributed by atoms with van der Waals surface area (Å²) in [6, 6.07) is 23.7. The van der Waals surface area contributed by atoms with E-state index in [9.17, 15) is 9.59 Å². The van der Waals surface area contributed by atoms with Gasteiger partial charge in [-0.2, -0.15) is 0 Å². The summed E-state index contributed by atoms with van der Waals surface area (Å²) in [5.41, 5.74) is 2.66. The number of hydrogen-bond acceptors (Lipinski definition) is 5. The zero-order valence-electron chi connectivity index (χ0n) is 18.2. The van der Waals surface area contributed by atoms with Crippen LogP contribution >= 0.6 is 0 Å². The number of ether oxygens (including phenoxy) is 2. The molecule has 0 radical (unpaired) electrons. The van der Waals surface area contributed by atoms with Crippen LogP contribution in [-0.2, 0) is 9.53 Å². The van der Waals surface area contributed by atoms with Crippen LogP contribution in [0.15, 0.2) is 78.9 Å². The van der Waals surface area contributed by atoms with Gasteiger partial charge in [0.25, 0.3) is 5.91 Å². The number of para-hydroxylation sites is 1. The summed E-state index contributed by atoms with van der Waals surface area (Å²) < 4.78 is 10.5. The standard InChI is InChI=1S/C25H27N3O4/c1-28(22-11-4-3-5-12-22)25(30)19-8-6-9-20(16-19)26-18-24(29)27-21-10-7-13-23(17-21)32-15-14-31-2/h3-13,16-17,26H,14-15,18H2,1-2H3,(H,27,29). The Balaban J connectivity index is 1.55. The molecule has 166 valence electrons. The molecule has 32 heavy (non-hydrogen) atoms. The maximum atomic E-state index is 12.8. The fraction of sp³-hybridized carbons (Fsp3) is 0.200. The SMILES string of the molecule is COCCOc1cccc(NC(=O)CNc2cccc(C(=O)N(C)c3ccccc3)c2)c1. The molecular formula is C25H27N3O4. The Morgan fingerprint density at radius 2 is 1.62 bits per heavy atom. The number of carbonyl (C=O) groups is 2. The van der Waals surface area contributed by atoms with Crippen molar-refractivity contribution in [2.45, 2.75) is 0 Å². The Kier molecular flexibility index (Phi) is 8.22. The minimum absolute atomic E-state index is 0.0565. The quantitative estimate of drug-likeness (QED) is 0.472. The van der Waals surface area contributed by atoms with Crippen LogP contribution in [0.5, 0.6) is 5.75 Å². The molecule has 0 aliphatic rings. The molecule has 2 N–H and O–H groups in total. The summed E-state index contributed by atoms with van der Waals surface area (Å²) >= 11 is 0. The van der Waals surface area contributed by atoms with Crippen LogP contribution in [0.3, 0.4) is 0 Å². The van der Waals surface area contributed by atoms with Crippen molar-refractivity contribution in [3.8, 4) is 5.75 Å². The van der Waals surface area contributed by atoms with E-state index in [1.165, 1.54) is 0 Å². The lowest BCUT2D eigenvalue weighted by molar-refractivity contribution is -0.114. The first-order chi connectivity index (χ1) is 15.6. The smallest absolute Gasteiger partial charge is 0.258 e. The van der Waals surface area contributed by atoms with Gasteiger partial charge in [-0.15, -0.1) is 0 Å². The normalized spacial score (nSPS) is 10.3. The van der Waals surface area contributed by atoms with Crippen molar-refractivity contribution in [3.63, 3.8) is 0 Å². The van der Waals surface area contributed by atoms with Crippen LogP contribution < -0.4 is 20.3 Å². The van der Waals surface area contributed by atoms with Gasteiger partial charge in [0.05, 0.1) is 13.2 Å². The number of benzene rings is 3. The number of anilines is 3. The third-order valence-electron chi connectivity index (χ3n) is 4.68. The van der Waals surface area contributed by atoms with Crippen molar-refractivity contribution < 1.29 is 19.1 Å². The highest BCUT2D eigenvalue weighted by atomic mass is 16.5. The molecule has 0 aliphatic carbocycles. The lowest BCUT2D eigenvalue weighted by atomic mass is 10.1. The first-order valence-corrected chi connectivity index (χ1v) is 10.3. The second kappa shape index (κ2) is 11.5. The summed E-state index contributed by atoms with van der Waals surface area (Å²) in [4.78, 5) is 26.8. The maximum Gasteiger partial charge on any atom is 0.258 e. The molecule has 7 heteroatoms. The van der Waals surface area contributed by atoms with E-state index in [0.717, 1.165) is 5.69 Å². The highest BCUT2D eigenvalue weighted by molar-refractivity contribution is 6.06. The van der Waals surface area contributed by atoms with Crippen molar-refractivity contribution >= 4 is 28.9 Å². The van der Waals surface area contributed by atoms with Gasteiger partial charge >= 0.3 is 0 Å². The lowest BCUT2D eigenvalue weighted by Gasteiger charge is -2.18. The predicted octanol–water partition coefficient (Wildman–Crippen LogP) is 4.04. The van der Waals surface area contributed by atoms with E-state index >= 15 is 0 Å². The fourth-order valence-electron chi connectivity index (χ4n) is 3.02. The van der Waals surface area contributed by atoms with Gasteiger partial charge in [-0.05, 0) is 42.5 Å². The molecule has 0 bridgehead atoms. The van der Waals surface area contributed by atoms with Gasteiger partial charge in [0.2, 0.25) is 5.91 Å². The van der Waals surface area contributed by atoms with E-state index in [4.69, 9.17) is 9.47 Å². The van der Waals surface area contributed by atoms with Crippen LogP contribution in [-0.4, -0.2) is 45.7 Å². The number of carbonyl (C=O) groups excluding carboxylic acids is 2. The number of hydrogen-bond donors (Lipinski definition) is 2. The molecule has 0 saturated heterocycles. The lowest BCUT2D eigenvalue weighted by Crippen LogP contribution is -2.26. The first kappa shape index (κ1) is 22.8. The number of nitrogens with zero attached hydrogens (tertiary/aromatic N) is 1. The Bertz CT molecular complexity index is 1040. The molecule has 0 spiro atoms. The van der Waals surface area contributed by atoms with Crippen LogP contribution in [0.25, 0.3) is 0 Å². The van der Waals surface area contributed by atoms with Crippen molar-refractivity contribution in [3.05, 3.63) is 84.4 Å². The van der Waals surface area contributed by atoms with Gasteiger partial charge in [-0.1, -0.05) is 30.3 Å². The maximum absolute atomic E-state index is 12.8. The van der Waals surface area contributed by atoms with Crippen LogP contribution in [0.4, 0.5) is 17.1 Å². The molecule has 0 aliphatic heterocycles. The molecule has 0 unspecified atom stereocenters. The van der Waals surface area contributed by atoms with Gasteiger partial charge in [0.15, 0.2) is 0 Å². The largest absolute Gasteiger partial charge is 0.491 e. The molecule has 3 aromatic carbocycles. The van der Waals surface area contributed by atoms with Gasteiger partial charge < -0.3 is 25.0 Å². The van der Waals surface area contributed by atoms with Gasteiger partial charge in [0, 0.05) is 42.8 Å². The third kappa shape index (κ3) is 6.58. The van der Waals surface area contributed by atoms with Crippen LogP contribution in [0.2, 0.25) is 0 Å². The summed E-state index contributed by atoms with van der Waals surface area (Å²) in [6.07, 6.45) is 0. The monoisotopic (exact) mass is 433 g/mol. The van der Waals surface area contributed by atoms with E-state index < -0.39 is 0 Å². The van der Waals surface area contributed by atoms with E-state index in [0.29, 0.717) is 35.9 Å². The fourth-order valence-corrected chi connectivity index (χ4v) is 3.02. The number of rotatable bonds is 10. The van der Waals surface area contributed by atoms with Gasteiger partial charge in [-0.3, -0.25) is 9.59 Å². The Hall–Kier alpha value is -3.84. The van der Waals surface area contributed by atoms with E-state index in [-0.39, 0.29) is 18.4 Å². The molecular weight excluding hydrogens is 406 g/mol. The third-order valence-corrected chi connectivity index (χ3v) is 4.68. The molecule has 0 saturated carbocycles. The highest BCUT2D eigenvalue weighted by Crippen LogP contribution is 2.19. The molecule has 2 amide bonds. The van der Waals surface area contributed by atoms with Gasteiger partial charge in [0.1, 0.15) is 12.4 Å². The molecule has 0 heterocycles. The second-order valence-corrected chi connectivity index (χ2v) is 7.05. The van der Waals surface area contributed by atoms with Crippen molar-refractivity contribution in [1.82, 2.24) is 0 Å². The van der Waals surface area contributed by atoms with E-state index in [1.807, 2.05) is 48.5 Å². The minimum atomic E-state index is -0.211. The molecule has 0 fully saturated rings. The zero-order chi connectivity index (χ0) is 22.8. The van der Waals surface area contributed by atoms with Crippen LogP contribution in [0.1, 0.15) is 10.4 Å². The molecule has 7 nitrogen and oxygen atoms in total. The summed E-state index contributed by atoms with van der Waals surface area (Å²) in [7, 11) is 3.35. The Morgan fingerprint density at radius 3 is 2.41 bits per heavy atom. The molecule has 0 atom stereocenters. The number of methoxy groups -OCH3 is 1. The average molecular weight is 434 g/mol. The summed E-state index contributed by atoms with van der Waals surface area (Å²) in [5.74, 6) is 0.313. The first-order valence-electron chi connectivity index (χ1n) is 10.3. The van der Waals surface area contributed by atoms with Crippen molar-refractivity contribution in [2.24, 2.45) is 0 Å². The molecule has 0 aromatic heterocycles. The van der Waals surface area contributed by atoms with E-state index in [1.54, 1.807) is 49.4 Å². The van der Waals surface area contributed by atoms with Crippen molar-refractivity contribution in [2.75, 3.05) is 49.4 Å². The average Bonchev–Trinajstić information content (AvgIpc) is 2.83. The summed E-state index contributed by atoms with van der Waals surface area (Å²) in [6.45, 7) is 0.980. The highest BCUT2D eigenvalue weighted by Gasteiger charge is 2.14. The zero-order valence-corrected chi connectivity index (χ0v) is 18.2. The van der Waals surface area contributed by atoms with Gasteiger partial charge in [-0.25, -0.2) is 0 Å². The Morgan fingerprint density at radius 1 is 0.875 bits per heavy atom. The Labute approximate surface area is 188 Å². The van der Waals surface area contributed by atoms with E-state index in [2.05, 4.69) is 10.6 Å². The number of amides is 2. The molecule has 3 aromatic rings. The van der Waals surface area contributed by atoms with Crippen LogP contribution in [0, 0.1) is 0 Å².